The number of hydrogen-bond acceptors (Lipinski definition) is 4. The van der Waals surface area contributed by atoms with Crippen molar-refractivity contribution >= 4 is 13.6 Å². The monoisotopic (exact) mass is 324 g/mol. The molecule has 126 valence electrons. The van der Waals surface area contributed by atoms with Crippen molar-refractivity contribution in [3.63, 3.8) is 0 Å². The Bertz CT molecular complexity index is 360. The molecule has 6 nitrogen and oxygen atoms in total. The van der Waals surface area contributed by atoms with Gasteiger partial charge in [-0.05, 0) is 45.4 Å². The Morgan fingerprint density at radius 3 is 2.14 bits per heavy atom. The number of phosphoric ester groups is 1. The first-order valence-electron chi connectivity index (χ1n) is 7.37. The zero-order chi connectivity index (χ0) is 16.7. The Kier molecular flexibility index (Phi) is 8.90. The zero-order valence-corrected chi connectivity index (χ0v) is 14.3. The first-order chi connectivity index (χ1) is 9.41. The Hall–Kier alpha value is -0.260. The van der Waals surface area contributed by atoms with E-state index in [-0.39, 0.29) is 5.78 Å². The summed E-state index contributed by atoms with van der Waals surface area (Å²) < 4.78 is 15.5. The van der Waals surface area contributed by atoms with Crippen LogP contribution in [0.2, 0.25) is 0 Å². The molecule has 0 spiro atoms. The van der Waals surface area contributed by atoms with Crippen LogP contribution in [0, 0.1) is 5.92 Å². The van der Waals surface area contributed by atoms with Crippen LogP contribution in [0.1, 0.15) is 66.2 Å². The largest absolute Gasteiger partial charge is 0.470 e. The first-order valence-corrected chi connectivity index (χ1v) is 8.90. The molecule has 21 heavy (non-hydrogen) atoms. The van der Waals surface area contributed by atoms with E-state index >= 15 is 0 Å². The van der Waals surface area contributed by atoms with Gasteiger partial charge in [0, 0.05) is 12.8 Å². The molecule has 0 saturated carbocycles. The minimum absolute atomic E-state index is 0.147. The van der Waals surface area contributed by atoms with Crippen molar-refractivity contribution in [1.82, 2.24) is 0 Å². The number of Topliss-reactive ketones (excluding diaryl/α,β-unsaturated/α-hetero) is 1. The molecule has 1 atom stereocenters. The molecule has 0 aromatic rings. The number of rotatable bonds is 11. The normalized spacial score (nSPS) is 14.5. The summed E-state index contributed by atoms with van der Waals surface area (Å²) >= 11 is 0. The van der Waals surface area contributed by atoms with E-state index in [1.54, 1.807) is 13.8 Å². The summed E-state index contributed by atoms with van der Waals surface area (Å²) in [5.41, 5.74) is -1.01. The second kappa shape index (κ2) is 9.01. The summed E-state index contributed by atoms with van der Waals surface area (Å²) in [6.45, 7) is 7.25. The molecule has 0 aliphatic rings. The molecule has 3 N–H and O–H groups in total. The van der Waals surface area contributed by atoms with Crippen molar-refractivity contribution in [3.8, 4) is 0 Å². The molecule has 0 radical (unpaired) electrons. The molecule has 0 fully saturated rings. The van der Waals surface area contributed by atoms with Crippen LogP contribution in [0.5, 0.6) is 0 Å². The van der Waals surface area contributed by atoms with Crippen molar-refractivity contribution in [2.75, 3.05) is 0 Å². The van der Waals surface area contributed by atoms with Crippen molar-refractivity contribution < 1.29 is 28.8 Å². The summed E-state index contributed by atoms with van der Waals surface area (Å²) in [4.78, 5) is 29.2. The van der Waals surface area contributed by atoms with Gasteiger partial charge in [-0.15, -0.1) is 0 Å². The quantitative estimate of drug-likeness (QED) is 0.505. The average molecular weight is 324 g/mol. The standard InChI is InChI=1S/C14H29O6P/c1-11(2)5-6-12(15)7-8-13(16)9-10-14(3,4)20-21(17,18)19/h11,13,16H,5-10H2,1-4H3,(H2,17,18,19). The van der Waals surface area contributed by atoms with Gasteiger partial charge in [0.15, 0.2) is 0 Å². The van der Waals surface area contributed by atoms with E-state index in [0.717, 1.165) is 6.42 Å². The summed E-state index contributed by atoms with van der Waals surface area (Å²) in [5, 5.41) is 9.84. The number of hydrogen-bond donors (Lipinski definition) is 3. The van der Waals surface area contributed by atoms with E-state index in [2.05, 4.69) is 18.4 Å². The van der Waals surface area contributed by atoms with Gasteiger partial charge in [-0.3, -0.25) is 9.32 Å². The van der Waals surface area contributed by atoms with Crippen molar-refractivity contribution in [1.29, 1.82) is 0 Å². The number of phosphoric acid groups is 1. The fraction of sp³-hybridized carbons (Fsp3) is 0.929. The summed E-state index contributed by atoms with van der Waals surface area (Å²) in [6, 6.07) is 0. The van der Waals surface area contributed by atoms with Crippen LogP contribution in [0.25, 0.3) is 0 Å². The highest BCUT2D eigenvalue weighted by Crippen LogP contribution is 2.42. The smallest absolute Gasteiger partial charge is 0.393 e. The number of carbonyl (C=O) groups excluding carboxylic acids is 1. The van der Waals surface area contributed by atoms with E-state index in [1.807, 2.05) is 0 Å². The van der Waals surface area contributed by atoms with Crippen LogP contribution in [-0.4, -0.2) is 32.4 Å². The summed E-state index contributed by atoms with van der Waals surface area (Å²) in [5.74, 6) is 0.637. The molecule has 0 bridgehead atoms. The van der Waals surface area contributed by atoms with Gasteiger partial charge in [-0.25, -0.2) is 4.57 Å². The summed E-state index contributed by atoms with van der Waals surface area (Å²) in [6.07, 6.45) is 2.10. The lowest BCUT2D eigenvalue weighted by molar-refractivity contribution is -0.119. The third-order valence-corrected chi connectivity index (χ3v) is 3.93. The molecular weight excluding hydrogens is 295 g/mol. The van der Waals surface area contributed by atoms with Gasteiger partial charge in [0.25, 0.3) is 0 Å². The number of aliphatic hydroxyl groups excluding tert-OH is 1. The number of carbonyl (C=O) groups is 1. The molecule has 0 aromatic carbocycles. The Balaban J connectivity index is 3.97. The van der Waals surface area contributed by atoms with Crippen molar-refractivity contribution in [2.45, 2.75) is 77.9 Å². The lowest BCUT2D eigenvalue weighted by atomic mass is 9.97. The van der Waals surface area contributed by atoms with Crippen LogP contribution in [0.3, 0.4) is 0 Å². The predicted octanol–water partition coefficient (Wildman–Crippen LogP) is 2.80. The van der Waals surface area contributed by atoms with Crippen LogP contribution in [0.4, 0.5) is 0 Å². The molecule has 0 aliphatic carbocycles. The molecule has 0 rings (SSSR count). The van der Waals surface area contributed by atoms with Crippen LogP contribution in [0.15, 0.2) is 0 Å². The second-order valence-electron chi connectivity index (χ2n) is 6.54. The van der Waals surface area contributed by atoms with Gasteiger partial charge in [0.1, 0.15) is 5.78 Å². The lowest BCUT2D eigenvalue weighted by Crippen LogP contribution is -2.25. The van der Waals surface area contributed by atoms with E-state index in [1.165, 1.54) is 0 Å². The minimum Gasteiger partial charge on any atom is -0.393 e. The van der Waals surface area contributed by atoms with E-state index in [9.17, 15) is 14.5 Å². The van der Waals surface area contributed by atoms with Gasteiger partial charge in [-0.2, -0.15) is 0 Å². The Morgan fingerprint density at radius 2 is 1.67 bits per heavy atom. The Labute approximate surface area is 127 Å². The predicted molar refractivity (Wildman–Crippen MR) is 80.8 cm³/mol. The third-order valence-electron chi connectivity index (χ3n) is 3.20. The maximum atomic E-state index is 11.6. The maximum absolute atomic E-state index is 11.6. The average Bonchev–Trinajstić information content (AvgIpc) is 2.28. The van der Waals surface area contributed by atoms with Crippen LogP contribution >= 0.6 is 7.82 Å². The zero-order valence-electron chi connectivity index (χ0n) is 13.4. The van der Waals surface area contributed by atoms with Crippen molar-refractivity contribution in [3.05, 3.63) is 0 Å². The minimum atomic E-state index is -4.53. The number of ketones is 1. The van der Waals surface area contributed by atoms with E-state index in [0.29, 0.717) is 38.0 Å². The van der Waals surface area contributed by atoms with Gasteiger partial charge < -0.3 is 14.9 Å². The molecule has 0 amide bonds. The first kappa shape index (κ1) is 20.7. The highest BCUT2D eigenvalue weighted by atomic mass is 31.2. The molecule has 0 aliphatic heterocycles. The third kappa shape index (κ3) is 13.1. The van der Waals surface area contributed by atoms with Crippen molar-refractivity contribution in [2.24, 2.45) is 5.92 Å². The van der Waals surface area contributed by atoms with E-state index < -0.39 is 19.5 Å². The molecule has 0 heterocycles. The van der Waals surface area contributed by atoms with E-state index in [4.69, 9.17) is 9.79 Å². The van der Waals surface area contributed by atoms with Crippen LogP contribution in [-0.2, 0) is 13.9 Å². The van der Waals surface area contributed by atoms with Crippen LogP contribution < -0.4 is 0 Å². The highest BCUT2D eigenvalue weighted by Gasteiger charge is 2.29. The topological polar surface area (TPSA) is 104 Å². The SMILES string of the molecule is CC(C)CCC(=O)CCC(O)CCC(C)(C)OP(=O)(O)O. The lowest BCUT2D eigenvalue weighted by Gasteiger charge is -2.26. The second-order valence-corrected chi connectivity index (χ2v) is 7.71. The molecule has 0 saturated heterocycles. The fourth-order valence-electron chi connectivity index (χ4n) is 1.93. The van der Waals surface area contributed by atoms with Gasteiger partial charge in [0.2, 0.25) is 0 Å². The van der Waals surface area contributed by atoms with Gasteiger partial charge >= 0.3 is 7.82 Å². The van der Waals surface area contributed by atoms with Gasteiger partial charge in [0.05, 0.1) is 11.7 Å². The molecular formula is C14H29O6P. The molecule has 0 aromatic heterocycles. The van der Waals surface area contributed by atoms with Gasteiger partial charge in [-0.1, -0.05) is 13.8 Å². The molecule has 7 heteroatoms. The summed E-state index contributed by atoms with van der Waals surface area (Å²) in [7, 11) is -4.53. The maximum Gasteiger partial charge on any atom is 0.470 e. The molecule has 1 unspecified atom stereocenters. The Morgan fingerprint density at radius 1 is 1.14 bits per heavy atom. The fourth-order valence-corrected chi connectivity index (χ4v) is 2.66. The number of aliphatic hydroxyl groups is 1. The highest BCUT2D eigenvalue weighted by molar-refractivity contribution is 7.46.